The second kappa shape index (κ2) is 7.29. The van der Waals surface area contributed by atoms with Crippen molar-refractivity contribution in [2.75, 3.05) is 26.2 Å². The maximum Gasteiger partial charge on any atom is 0.251 e. The molecule has 1 saturated heterocycles. The number of carbonyl (C=O) groups is 1. The number of nitrogens with one attached hydrogen (secondary N) is 1. The molecular weight excluding hydrogens is 236 g/mol. The molecule has 1 heterocycles. The molecule has 0 aliphatic carbocycles. The van der Waals surface area contributed by atoms with E-state index in [9.17, 15) is 4.79 Å². The number of hydrogen-bond acceptors (Lipinski definition) is 2. The summed E-state index contributed by atoms with van der Waals surface area (Å²) in [6.45, 7) is 6.36. The number of likely N-dealkylation sites (tertiary alicyclic amines) is 1. The molecule has 0 aromatic heterocycles. The first-order chi connectivity index (χ1) is 9.25. The zero-order valence-electron chi connectivity index (χ0n) is 11.8. The van der Waals surface area contributed by atoms with Crippen LogP contribution in [0.4, 0.5) is 0 Å². The highest BCUT2D eigenvalue weighted by Crippen LogP contribution is 2.08. The van der Waals surface area contributed by atoms with Gasteiger partial charge in [-0.05, 0) is 58.0 Å². The Morgan fingerprint density at radius 1 is 1.16 bits per heavy atom. The molecule has 1 fully saturated rings. The monoisotopic (exact) mass is 260 g/mol. The van der Waals surface area contributed by atoms with Crippen LogP contribution in [0.3, 0.4) is 0 Å². The minimum atomic E-state index is 0.0404. The Labute approximate surface area is 116 Å². The summed E-state index contributed by atoms with van der Waals surface area (Å²) >= 11 is 0. The van der Waals surface area contributed by atoms with E-state index < -0.39 is 0 Å². The standard InChI is InChI=1S/C16H24N2O/c1-14-6-8-15(9-7-14)16(19)17-10-5-13-18-11-3-2-4-12-18/h6-9H,2-5,10-13H2,1H3,(H,17,19). The molecular formula is C16H24N2O. The second-order valence-electron chi connectivity index (χ2n) is 5.38. The number of carbonyl (C=O) groups excluding carboxylic acids is 1. The first-order valence-electron chi connectivity index (χ1n) is 7.33. The van der Waals surface area contributed by atoms with Gasteiger partial charge in [0.05, 0.1) is 0 Å². The van der Waals surface area contributed by atoms with Crippen molar-refractivity contribution in [3.63, 3.8) is 0 Å². The van der Waals surface area contributed by atoms with Crippen molar-refractivity contribution in [2.24, 2.45) is 0 Å². The van der Waals surface area contributed by atoms with Gasteiger partial charge in [-0.15, -0.1) is 0 Å². The van der Waals surface area contributed by atoms with E-state index in [1.165, 1.54) is 37.9 Å². The largest absolute Gasteiger partial charge is 0.352 e. The Morgan fingerprint density at radius 3 is 2.53 bits per heavy atom. The molecule has 0 unspecified atom stereocenters. The van der Waals surface area contributed by atoms with Gasteiger partial charge in [0, 0.05) is 12.1 Å². The normalized spacial score (nSPS) is 16.3. The molecule has 0 radical (unpaired) electrons. The van der Waals surface area contributed by atoms with Crippen molar-refractivity contribution in [3.05, 3.63) is 35.4 Å². The Kier molecular flexibility index (Phi) is 5.40. The van der Waals surface area contributed by atoms with Crippen molar-refractivity contribution >= 4 is 5.91 Å². The van der Waals surface area contributed by atoms with Gasteiger partial charge >= 0.3 is 0 Å². The molecule has 3 heteroatoms. The van der Waals surface area contributed by atoms with Gasteiger partial charge < -0.3 is 10.2 Å². The lowest BCUT2D eigenvalue weighted by Gasteiger charge is -2.26. The van der Waals surface area contributed by atoms with Gasteiger partial charge in [0.25, 0.3) is 5.91 Å². The van der Waals surface area contributed by atoms with E-state index in [4.69, 9.17) is 0 Å². The van der Waals surface area contributed by atoms with Gasteiger partial charge in [0.15, 0.2) is 0 Å². The topological polar surface area (TPSA) is 32.3 Å². The van der Waals surface area contributed by atoms with E-state index in [1.54, 1.807) is 0 Å². The lowest BCUT2D eigenvalue weighted by atomic mass is 10.1. The lowest BCUT2D eigenvalue weighted by Crippen LogP contribution is -2.33. The third-order valence-electron chi connectivity index (χ3n) is 3.70. The third kappa shape index (κ3) is 4.67. The van der Waals surface area contributed by atoms with Gasteiger partial charge in [0.1, 0.15) is 0 Å². The van der Waals surface area contributed by atoms with Crippen molar-refractivity contribution in [3.8, 4) is 0 Å². The summed E-state index contributed by atoms with van der Waals surface area (Å²) in [5.41, 5.74) is 1.94. The molecule has 1 aliphatic heterocycles. The molecule has 1 aliphatic rings. The fourth-order valence-electron chi connectivity index (χ4n) is 2.49. The summed E-state index contributed by atoms with van der Waals surface area (Å²) in [6.07, 6.45) is 5.07. The van der Waals surface area contributed by atoms with E-state index in [1.807, 2.05) is 31.2 Å². The molecule has 0 spiro atoms. The van der Waals surface area contributed by atoms with Gasteiger partial charge in [-0.1, -0.05) is 24.1 Å². The Bertz CT molecular complexity index is 394. The van der Waals surface area contributed by atoms with Crippen molar-refractivity contribution in [1.82, 2.24) is 10.2 Å². The van der Waals surface area contributed by atoms with Gasteiger partial charge in [-0.25, -0.2) is 0 Å². The number of nitrogens with zero attached hydrogens (tertiary/aromatic N) is 1. The molecule has 104 valence electrons. The number of hydrogen-bond donors (Lipinski definition) is 1. The highest BCUT2D eigenvalue weighted by atomic mass is 16.1. The summed E-state index contributed by atoms with van der Waals surface area (Å²) in [5.74, 6) is 0.0404. The van der Waals surface area contributed by atoms with Crippen molar-refractivity contribution in [1.29, 1.82) is 0 Å². The Morgan fingerprint density at radius 2 is 1.84 bits per heavy atom. The van der Waals surface area contributed by atoms with Crippen LogP contribution < -0.4 is 5.32 Å². The predicted octanol–water partition coefficient (Wildman–Crippen LogP) is 2.60. The molecule has 1 N–H and O–H groups in total. The molecule has 1 aromatic carbocycles. The molecule has 1 amide bonds. The van der Waals surface area contributed by atoms with E-state index in [0.29, 0.717) is 0 Å². The number of aryl methyl sites for hydroxylation is 1. The molecule has 1 aromatic rings. The highest BCUT2D eigenvalue weighted by Gasteiger charge is 2.09. The van der Waals surface area contributed by atoms with Crippen LogP contribution in [-0.4, -0.2) is 37.0 Å². The Balaban J connectivity index is 1.64. The van der Waals surface area contributed by atoms with Crippen LogP contribution in [0.5, 0.6) is 0 Å². The number of benzene rings is 1. The second-order valence-corrected chi connectivity index (χ2v) is 5.38. The van der Waals surface area contributed by atoms with Crippen LogP contribution >= 0.6 is 0 Å². The van der Waals surface area contributed by atoms with Crippen LogP contribution in [0.15, 0.2) is 24.3 Å². The third-order valence-corrected chi connectivity index (χ3v) is 3.70. The van der Waals surface area contributed by atoms with Crippen LogP contribution in [0.25, 0.3) is 0 Å². The predicted molar refractivity (Wildman–Crippen MR) is 78.4 cm³/mol. The minimum absolute atomic E-state index is 0.0404. The summed E-state index contributed by atoms with van der Waals surface area (Å²) in [7, 11) is 0. The first kappa shape index (κ1) is 14.1. The number of piperidine rings is 1. The summed E-state index contributed by atoms with van der Waals surface area (Å²) < 4.78 is 0. The van der Waals surface area contributed by atoms with Gasteiger partial charge in [-0.2, -0.15) is 0 Å². The van der Waals surface area contributed by atoms with Crippen LogP contribution in [0, 0.1) is 6.92 Å². The molecule has 2 rings (SSSR count). The molecule has 3 nitrogen and oxygen atoms in total. The Hall–Kier alpha value is -1.35. The fourth-order valence-corrected chi connectivity index (χ4v) is 2.49. The number of rotatable bonds is 5. The van der Waals surface area contributed by atoms with Crippen LogP contribution in [0.1, 0.15) is 41.6 Å². The molecule has 0 atom stereocenters. The molecule has 0 bridgehead atoms. The van der Waals surface area contributed by atoms with E-state index >= 15 is 0 Å². The molecule has 0 saturated carbocycles. The highest BCUT2D eigenvalue weighted by molar-refractivity contribution is 5.94. The summed E-state index contributed by atoms with van der Waals surface area (Å²) in [4.78, 5) is 14.4. The zero-order chi connectivity index (χ0) is 13.5. The quantitative estimate of drug-likeness (QED) is 0.825. The summed E-state index contributed by atoms with van der Waals surface area (Å²) in [5, 5.41) is 2.99. The SMILES string of the molecule is Cc1ccc(C(=O)NCCCN2CCCCC2)cc1. The lowest BCUT2D eigenvalue weighted by molar-refractivity contribution is 0.0951. The van der Waals surface area contributed by atoms with Gasteiger partial charge in [0.2, 0.25) is 0 Å². The first-order valence-corrected chi connectivity index (χ1v) is 7.33. The van der Waals surface area contributed by atoms with Crippen LogP contribution in [-0.2, 0) is 0 Å². The average molecular weight is 260 g/mol. The average Bonchev–Trinajstić information content (AvgIpc) is 2.45. The van der Waals surface area contributed by atoms with Crippen molar-refractivity contribution < 1.29 is 4.79 Å². The smallest absolute Gasteiger partial charge is 0.251 e. The van der Waals surface area contributed by atoms with E-state index in [0.717, 1.165) is 25.1 Å². The van der Waals surface area contributed by atoms with Gasteiger partial charge in [-0.3, -0.25) is 4.79 Å². The number of amides is 1. The maximum absolute atomic E-state index is 11.9. The van der Waals surface area contributed by atoms with Crippen LogP contribution in [0.2, 0.25) is 0 Å². The zero-order valence-corrected chi connectivity index (χ0v) is 11.8. The molecule has 19 heavy (non-hydrogen) atoms. The summed E-state index contributed by atoms with van der Waals surface area (Å²) in [6, 6.07) is 7.72. The maximum atomic E-state index is 11.9. The fraction of sp³-hybridized carbons (Fsp3) is 0.562. The minimum Gasteiger partial charge on any atom is -0.352 e. The van der Waals surface area contributed by atoms with E-state index in [2.05, 4.69) is 10.2 Å². The van der Waals surface area contributed by atoms with E-state index in [-0.39, 0.29) is 5.91 Å². The van der Waals surface area contributed by atoms with Crippen molar-refractivity contribution in [2.45, 2.75) is 32.6 Å².